The lowest BCUT2D eigenvalue weighted by atomic mass is 10.2. The van der Waals surface area contributed by atoms with Crippen LogP contribution in [0.3, 0.4) is 0 Å². The summed E-state index contributed by atoms with van der Waals surface area (Å²) in [4.78, 5) is 25.1. The van der Waals surface area contributed by atoms with Crippen molar-refractivity contribution in [2.75, 3.05) is 0 Å². The molecule has 0 amide bonds. The van der Waals surface area contributed by atoms with Gasteiger partial charge in [0.25, 0.3) is 11.6 Å². The molecule has 1 aromatic heterocycles. The van der Waals surface area contributed by atoms with Crippen LogP contribution in [0.25, 0.3) is 0 Å². The summed E-state index contributed by atoms with van der Waals surface area (Å²) in [5, 5.41) is 23.4. The van der Waals surface area contributed by atoms with Gasteiger partial charge in [-0.05, 0) is 6.07 Å². The zero-order chi connectivity index (χ0) is 15.4. The molecule has 21 heavy (non-hydrogen) atoms. The summed E-state index contributed by atoms with van der Waals surface area (Å²) in [6, 6.07) is 3.31. The third-order valence-electron chi connectivity index (χ3n) is 2.58. The summed E-state index contributed by atoms with van der Waals surface area (Å²) in [5.41, 5.74) is -0.634. The molecule has 0 saturated heterocycles. The van der Waals surface area contributed by atoms with Gasteiger partial charge in [0.1, 0.15) is 11.3 Å². The molecule has 0 saturated carbocycles. The zero-order valence-electron chi connectivity index (χ0n) is 11.0. The predicted octanol–water partition coefficient (Wildman–Crippen LogP) is 1.82. The van der Waals surface area contributed by atoms with Gasteiger partial charge in [0.2, 0.25) is 0 Å². The van der Waals surface area contributed by atoms with E-state index in [4.69, 9.17) is 14.4 Å². The van der Waals surface area contributed by atoms with E-state index in [1.54, 1.807) is 0 Å². The number of carboxylic acids is 1. The quantitative estimate of drug-likeness (QED) is 0.630. The Kier molecular flexibility index (Phi) is 4.12. The number of ether oxygens (including phenoxy) is 1. The van der Waals surface area contributed by atoms with Crippen molar-refractivity contribution >= 4 is 11.7 Å². The molecule has 0 aliphatic heterocycles. The van der Waals surface area contributed by atoms with E-state index in [-0.39, 0.29) is 29.5 Å². The number of non-ortho nitro benzene ring substituents is 1. The maximum atomic E-state index is 11.1. The highest BCUT2D eigenvalue weighted by atomic mass is 16.6. The Morgan fingerprint density at radius 3 is 2.86 bits per heavy atom. The second-order valence-corrected chi connectivity index (χ2v) is 3.99. The maximum absolute atomic E-state index is 11.1. The van der Waals surface area contributed by atoms with E-state index in [2.05, 4.69) is 10.1 Å². The van der Waals surface area contributed by atoms with Crippen molar-refractivity contribution in [2.24, 2.45) is 0 Å². The molecular weight excluding hydrogens is 282 g/mol. The van der Waals surface area contributed by atoms with Gasteiger partial charge in [-0.25, -0.2) is 4.79 Å². The Bertz CT molecular complexity index is 681. The number of nitro benzene ring substituents is 1. The maximum Gasteiger partial charge on any atom is 0.339 e. The van der Waals surface area contributed by atoms with Crippen LogP contribution in [-0.2, 0) is 13.0 Å². The first kappa shape index (κ1) is 14.4. The number of nitrogens with zero attached hydrogens (tertiary/aromatic N) is 3. The summed E-state index contributed by atoms with van der Waals surface area (Å²) < 4.78 is 10.2. The summed E-state index contributed by atoms with van der Waals surface area (Å²) in [6.45, 7) is 1.74. The molecule has 9 heteroatoms. The first-order chi connectivity index (χ1) is 10.0. The molecule has 110 valence electrons. The molecule has 0 bridgehead atoms. The minimum absolute atomic E-state index is 0.00986. The number of aromatic nitrogens is 2. The Hall–Kier alpha value is -2.97. The van der Waals surface area contributed by atoms with Gasteiger partial charge in [-0.3, -0.25) is 10.1 Å². The largest absolute Gasteiger partial charge is 0.483 e. The van der Waals surface area contributed by atoms with Crippen molar-refractivity contribution in [1.82, 2.24) is 10.1 Å². The normalized spacial score (nSPS) is 10.3. The van der Waals surface area contributed by atoms with E-state index < -0.39 is 10.9 Å². The van der Waals surface area contributed by atoms with Crippen molar-refractivity contribution < 1.29 is 24.1 Å². The molecule has 0 aliphatic rings. The topological polar surface area (TPSA) is 129 Å². The lowest BCUT2D eigenvalue weighted by Crippen LogP contribution is -2.04. The number of carboxylic acid groups (broad SMARTS) is 1. The molecule has 0 atom stereocenters. The lowest BCUT2D eigenvalue weighted by molar-refractivity contribution is -0.384. The van der Waals surface area contributed by atoms with Gasteiger partial charge >= 0.3 is 5.97 Å². The standard InChI is InChI=1S/C12H11N3O6/c1-2-10-13-11(21-14-10)6-20-9-4-3-7(15(18)19)5-8(9)12(16)17/h3-5H,2,6H2,1H3,(H,16,17). The molecule has 2 rings (SSSR count). The van der Waals surface area contributed by atoms with Crippen LogP contribution in [-0.4, -0.2) is 26.1 Å². The number of benzene rings is 1. The number of hydrogen-bond acceptors (Lipinski definition) is 7. The average Bonchev–Trinajstić information content (AvgIpc) is 2.92. The minimum Gasteiger partial charge on any atom is -0.483 e. The second-order valence-electron chi connectivity index (χ2n) is 3.99. The van der Waals surface area contributed by atoms with E-state index in [0.29, 0.717) is 12.2 Å². The monoisotopic (exact) mass is 293 g/mol. The molecular formula is C12H11N3O6. The molecule has 1 N–H and O–H groups in total. The number of aryl methyl sites for hydroxylation is 1. The van der Waals surface area contributed by atoms with E-state index in [1.165, 1.54) is 6.07 Å². The molecule has 1 heterocycles. The van der Waals surface area contributed by atoms with Crippen LogP contribution in [0.1, 0.15) is 29.0 Å². The van der Waals surface area contributed by atoms with Crippen LogP contribution < -0.4 is 4.74 Å². The Labute approximate surface area is 118 Å². The van der Waals surface area contributed by atoms with Gasteiger partial charge in [-0.15, -0.1) is 0 Å². The lowest BCUT2D eigenvalue weighted by Gasteiger charge is -2.06. The van der Waals surface area contributed by atoms with E-state index >= 15 is 0 Å². The first-order valence-corrected chi connectivity index (χ1v) is 5.97. The molecule has 0 fully saturated rings. The highest BCUT2D eigenvalue weighted by Crippen LogP contribution is 2.25. The number of nitro groups is 1. The Morgan fingerprint density at radius 2 is 2.29 bits per heavy atom. The molecule has 0 aliphatic carbocycles. The van der Waals surface area contributed by atoms with Crippen molar-refractivity contribution in [3.63, 3.8) is 0 Å². The van der Waals surface area contributed by atoms with Gasteiger partial charge in [-0.2, -0.15) is 4.98 Å². The third kappa shape index (κ3) is 3.32. The number of aromatic carboxylic acids is 1. The smallest absolute Gasteiger partial charge is 0.339 e. The molecule has 9 nitrogen and oxygen atoms in total. The summed E-state index contributed by atoms with van der Waals surface area (Å²) in [6.07, 6.45) is 0.599. The Morgan fingerprint density at radius 1 is 1.52 bits per heavy atom. The number of hydrogen-bond donors (Lipinski definition) is 1. The second kappa shape index (κ2) is 5.99. The van der Waals surface area contributed by atoms with E-state index in [9.17, 15) is 14.9 Å². The first-order valence-electron chi connectivity index (χ1n) is 5.97. The van der Waals surface area contributed by atoms with Crippen LogP contribution >= 0.6 is 0 Å². The number of rotatable bonds is 6. The minimum atomic E-state index is -1.33. The molecule has 0 unspecified atom stereocenters. The zero-order valence-corrected chi connectivity index (χ0v) is 11.0. The molecule has 1 aromatic carbocycles. The number of carbonyl (C=O) groups is 1. The van der Waals surface area contributed by atoms with E-state index in [1.807, 2.05) is 6.92 Å². The predicted molar refractivity (Wildman–Crippen MR) is 68.1 cm³/mol. The average molecular weight is 293 g/mol. The Balaban J connectivity index is 2.19. The molecule has 0 radical (unpaired) electrons. The fourth-order valence-corrected chi connectivity index (χ4v) is 1.56. The van der Waals surface area contributed by atoms with Crippen molar-refractivity contribution in [3.05, 3.63) is 45.6 Å². The fraction of sp³-hybridized carbons (Fsp3) is 0.250. The van der Waals surface area contributed by atoms with Crippen molar-refractivity contribution in [1.29, 1.82) is 0 Å². The van der Waals surface area contributed by atoms with Crippen LogP contribution in [0, 0.1) is 10.1 Å². The highest BCUT2D eigenvalue weighted by Gasteiger charge is 2.18. The third-order valence-corrected chi connectivity index (χ3v) is 2.58. The van der Waals surface area contributed by atoms with Crippen LogP contribution in [0.4, 0.5) is 5.69 Å². The van der Waals surface area contributed by atoms with Crippen molar-refractivity contribution in [2.45, 2.75) is 20.0 Å². The molecule has 2 aromatic rings. The summed E-state index contributed by atoms with van der Waals surface area (Å²) in [7, 11) is 0. The van der Waals surface area contributed by atoms with Crippen LogP contribution in [0.5, 0.6) is 5.75 Å². The molecule has 0 spiro atoms. The van der Waals surface area contributed by atoms with Gasteiger partial charge < -0.3 is 14.4 Å². The van der Waals surface area contributed by atoms with Crippen LogP contribution in [0.2, 0.25) is 0 Å². The highest BCUT2D eigenvalue weighted by molar-refractivity contribution is 5.91. The summed E-state index contributed by atoms with van der Waals surface area (Å²) >= 11 is 0. The van der Waals surface area contributed by atoms with Gasteiger partial charge in [0.15, 0.2) is 12.4 Å². The van der Waals surface area contributed by atoms with Gasteiger partial charge in [0.05, 0.1) is 4.92 Å². The summed E-state index contributed by atoms with van der Waals surface area (Å²) in [5.74, 6) is -0.630. The SMILES string of the molecule is CCc1noc(COc2ccc([N+](=O)[O-])cc2C(=O)O)n1. The van der Waals surface area contributed by atoms with Gasteiger partial charge in [0, 0.05) is 18.6 Å². The van der Waals surface area contributed by atoms with Crippen LogP contribution in [0.15, 0.2) is 22.7 Å². The van der Waals surface area contributed by atoms with Crippen molar-refractivity contribution in [3.8, 4) is 5.75 Å². The van der Waals surface area contributed by atoms with E-state index in [0.717, 1.165) is 12.1 Å². The fourth-order valence-electron chi connectivity index (χ4n) is 1.56. The van der Waals surface area contributed by atoms with Gasteiger partial charge in [-0.1, -0.05) is 12.1 Å².